The van der Waals surface area contributed by atoms with Gasteiger partial charge in [-0.2, -0.15) is 0 Å². The van der Waals surface area contributed by atoms with Gasteiger partial charge >= 0.3 is 0 Å². The molecule has 0 unspecified atom stereocenters. The van der Waals surface area contributed by atoms with Gasteiger partial charge in [0.1, 0.15) is 16.5 Å². The van der Waals surface area contributed by atoms with Crippen molar-refractivity contribution in [1.82, 2.24) is 10.2 Å². The highest BCUT2D eigenvalue weighted by atomic mass is 35.5. The summed E-state index contributed by atoms with van der Waals surface area (Å²) in [5, 5.41) is 4.05. The minimum absolute atomic E-state index is 0.0255. The minimum Gasteiger partial charge on any atom is -0.347 e. The molecule has 0 atom stereocenters. The monoisotopic (exact) mass is 432 g/mol. The normalized spacial score (nSPS) is 17.6. The summed E-state index contributed by atoms with van der Waals surface area (Å²) in [7, 11) is 0. The summed E-state index contributed by atoms with van der Waals surface area (Å²) in [4.78, 5) is 26.5. The number of carbonyl (C=O) groups is 2. The molecule has 0 bridgehead atoms. The molecular weight excluding hydrogens is 418 g/mol. The Kier molecular flexibility index (Phi) is 4.15. The molecule has 2 aromatic carbocycles. The Hall–Kier alpha value is -2.51. The van der Waals surface area contributed by atoms with Gasteiger partial charge in [0.15, 0.2) is 0 Å². The molecule has 2 aliphatic rings. The van der Waals surface area contributed by atoms with Crippen molar-refractivity contribution < 1.29 is 18.4 Å². The molecular formula is C21H15ClF2N2O2S. The molecule has 2 fully saturated rings. The maximum Gasteiger partial charge on any atom is 0.265 e. The number of halogens is 3. The number of fused-ring (bicyclic) bond motifs is 1. The van der Waals surface area contributed by atoms with E-state index in [9.17, 15) is 18.4 Å². The van der Waals surface area contributed by atoms with Gasteiger partial charge in [0.25, 0.3) is 5.91 Å². The lowest BCUT2D eigenvalue weighted by Gasteiger charge is -2.47. The van der Waals surface area contributed by atoms with Crippen LogP contribution < -0.4 is 5.32 Å². The number of benzene rings is 2. The first-order valence-electron chi connectivity index (χ1n) is 9.13. The second-order valence-corrected chi connectivity index (χ2v) is 9.00. The van der Waals surface area contributed by atoms with E-state index in [-0.39, 0.29) is 22.9 Å². The van der Waals surface area contributed by atoms with E-state index in [0.29, 0.717) is 35.0 Å². The minimum atomic E-state index is -0.646. The Morgan fingerprint density at radius 1 is 1.17 bits per heavy atom. The fourth-order valence-corrected chi connectivity index (χ4v) is 5.60. The van der Waals surface area contributed by atoms with E-state index in [4.69, 9.17) is 11.6 Å². The molecule has 0 aliphatic carbocycles. The van der Waals surface area contributed by atoms with E-state index >= 15 is 0 Å². The second kappa shape index (κ2) is 6.50. The number of nitrogens with zero attached hydrogens (tertiary/aromatic N) is 1. The topological polar surface area (TPSA) is 49.4 Å². The van der Waals surface area contributed by atoms with Gasteiger partial charge < -0.3 is 10.2 Å². The van der Waals surface area contributed by atoms with Crippen molar-refractivity contribution in [1.29, 1.82) is 0 Å². The van der Waals surface area contributed by atoms with Crippen LogP contribution in [0, 0.1) is 11.6 Å². The van der Waals surface area contributed by atoms with Crippen molar-refractivity contribution in [2.45, 2.75) is 18.4 Å². The molecule has 148 valence electrons. The van der Waals surface area contributed by atoms with Crippen LogP contribution in [0.4, 0.5) is 8.78 Å². The van der Waals surface area contributed by atoms with Crippen LogP contribution in [-0.4, -0.2) is 35.3 Å². The van der Waals surface area contributed by atoms with Crippen molar-refractivity contribution in [2.24, 2.45) is 0 Å². The first-order valence-corrected chi connectivity index (χ1v) is 10.3. The van der Waals surface area contributed by atoms with Crippen molar-refractivity contribution in [3.8, 4) is 11.1 Å². The number of nitrogens with one attached hydrogen (secondary N) is 1. The highest BCUT2D eigenvalue weighted by molar-refractivity contribution is 7.21. The van der Waals surface area contributed by atoms with Gasteiger partial charge in [0.2, 0.25) is 5.91 Å². The maximum atomic E-state index is 14.1. The predicted octanol–water partition coefficient (Wildman–Crippen LogP) is 4.60. The van der Waals surface area contributed by atoms with E-state index in [1.807, 2.05) is 0 Å². The zero-order valence-corrected chi connectivity index (χ0v) is 16.7. The lowest BCUT2D eigenvalue weighted by molar-refractivity contribution is -0.120. The van der Waals surface area contributed by atoms with E-state index in [1.165, 1.54) is 23.5 Å². The average Bonchev–Trinajstić information content (AvgIpc) is 3.20. The molecule has 2 aliphatic heterocycles. The first kappa shape index (κ1) is 18.5. The molecule has 0 radical (unpaired) electrons. The lowest BCUT2D eigenvalue weighted by Crippen LogP contribution is -2.68. The Morgan fingerprint density at radius 3 is 2.66 bits per heavy atom. The van der Waals surface area contributed by atoms with Crippen molar-refractivity contribution in [2.75, 3.05) is 13.1 Å². The Bertz CT molecular complexity index is 1190. The van der Waals surface area contributed by atoms with E-state index in [1.54, 1.807) is 23.1 Å². The first-order chi connectivity index (χ1) is 13.8. The number of hydrogen-bond donors (Lipinski definition) is 1. The van der Waals surface area contributed by atoms with E-state index < -0.39 is 11.6 Å². The molecule has 2 saturated heterocycles. The molecule has 1 spiro atoms. The average molecular weight is 433 g/mol. The molecule has 5 rings (SSSR count). The van der Waals surface area contributed by atoms with Gasteiger partial charge in [-0.3, -0.25) is 9.59 Å². The zero-order chi connectivity index (χ0) is 20.3. The lowest BCUT2D eigenvalue weighted by atomic mass is 9.88. The van der Waals surface area contributed by atoms with Crippen LogP contribution >= 0.6 is 22.9 Å². The van der Waals surface area contributed by atoms with Crippen molar-refractivity contribution in [3.05, 3.63) is 57.9 Å². The van der Waals surface area contributed by atoms with Crippen molar-refractivity contribution >= 4 is 44.8 Å². The summed E-state index contributed by atoms with van der Waals surface area (Å²) >= 11 is 7.72. The smallest absolute Gasteiger partial charge is 0.265 e. The maximum absolute atomic E-state index is 14.1. The highest BCUT2D eigenvalue weighted by Gasteiger charge is 2.49. The molecule has 8 heteroatoms. The van der Waals surface area contributed by atoms with Gasteiger partial charge in [0, 0.05) is 41.2 Å². The molecule has 0 saturated carbocycles. The number of hydrogen-bond acceptors (Lipinski definition) is 3. The van der Waals surface area contributed by atoms with E-state index in [0.717, 1.165) is 22.6 Å². The molecule has 2 amide bonds. The highest BCUT2D eigenvalue weighted by Crippen LogP contribution is 2.40. The number of likely N-dealkylation sites (tertiary alicyclic amines) is 1. The third-order valence-corrected chi connectivity index (χ3v) is 7.22. The fourth-order valence-electron chi connectivity index (χ4n) is 4.08. The fraction of sp³-hybridized carbons (Fsp3) is 0.238. The van der Waals surface area contributed by atoms with Gasteiger partial charge in [-0.05, 0) is 30.2 Å². The number of carbonyl (C=O) groups excluding carboxylic acids is 2. The second-order valence-electron chi connectivity index (χ2n) is 7.57. The molecule has 1 aromatic heterocycles. The summed E-state index contributed by atoms with van der Waals surface area (Å²) in [6, 6.07) is 8.66. The van der Waals surface area contributed by atoms with Crippen LogP contribution in [0.25, 0.3) is 21.2 Å². The third kappa shape index (κ3) is 3.00. The number of amides is 2. The molecule has 3 heterocycles. The van der Waals surface area contributed by atoms with E-state index in [2.05, 4.69) is 5.32 Å². The zero-order valence-electron chi connectivity index (χ0n) is 15.1. The van der Waals surface area contributed by atoms with Crippen LogP contribution in [0.5, 0.6) is 0 Å². The summed E-state index contributed by atoms with van der Waals surface area (Å²) in [5.41, 5.74) is 0.583. The van der Waals surface area contributed by atoms with Crippen LogP contribution in [0.2, 0.25) is 5.02 Å². The Labute approximate surface area is 174 Å². The van der Waals surface area contributed by atoms with Crippen LogP contribution in [0.1, 0.15) is 22.5 Å². The number of rotatable bonds is 2. The largest absolute Gasteiger partial charge is 0.347 e. The van der Waals surface area contributed by atoms with Gasteiger partial charge in [0.05, 0.1) is 10.6 Å². The third-order valence-electron chi connectivity index (χ3n) is 5.58. The molecule has 29 heavy (non-hydrogen) atoms. The van der Waals surface area contributed by atoms with Gasteiger partial charge in [-0.25, -0.2) is 8.78 Å². The summed E-state index contributed by atoms with van der Waals surface area (Å²) in [6.45, 7) is 0.961. The van der Waals surface area contributed by atoms with Crippen LogP contribution in [0.3, 0.4) is 0 Å². The van der Waals surface area contributed by atoms with Gasteiger partial charge in [-0.15, -0.1) is 11.3 Å². The SMILES string of the molecule is O=C1CCC2(CN(C(=O)c3sc4cc(-c5ccc(F)cc5F)ccc4c3Cl)C2)N1. The van der Waals surface area contributed by atoms with Crippen molar-refractivity contribution in [3.63, 3.8) is 0 Å². The number of thiophene rings is 1. The molecule has 1 N–H and O–H groups in total. The Balaban J connectivity index is 1.44. The van der Waals surface area contributed by atoms with Gasteiger partial charge in [-0.1, -0.05) is 23.7 Å². The standard InChI is InChI=1S/C21H15ClF2N2O2S/c22-18-14-3-1-11(13-4-2-12(23)8-15(13)24)7-16(14)29-19(18)20(28)26-9-21(10-26)6-5-17(27)25-21/h1-4,7-8H,5-6,9-10H2,(H,25,27). The summed E-state index contributed by atoms with van der Waals surface area (Å²) in [6.07, 6.45) is 1.23. The summed E-state index contributed by atoms with van der Waals surface area (Å²) < 4.78 is 28.1. The quantitative estimate of drug-likeness (QED) is 0.643. The van der Waals surface area contributed by atoms with Crippen LogP contribution in [0.15, 0.2) is 36.4 Å². The predicted molar refractivity (Wildman–Crippen MR) is 108 cm³/mol. The summed E-state index contributed by atoms with van der Waals surface area (Å²) in [5.74, 6) is -1.42. The molecule has 3 aromatic rings. The van der Waals surface area contributed by atoms with Crippen LogP contribution in [-0.2, 0) is 4.79 Å². The molecule has 4 nitrogen and oxygen atoms in total. The Morgan fingerprint density at radius 2 is 1.97 bits per heavy atom.